The van der Waals surface area contributed by atoms with Crippen molar-refractivity contribution in [3.05, 3.63) is 0 Å². The van der Waals surface area contributed by atoms with E-state index in [-0.39, 0.29) is 11.8 Å². The molecule has 0 aromatic heterocycles. The topological polar surface area (TPSA) is 66.4 Å². The molecule has 1 aliphatic carbocycles. The number of hydrogen-bond donors (Lipinski definition) is 2. The number of hydrogen-bond acceptors (Lipinski definition) is 2. The summed E-state index contributed by atoms with van der Waals surface area (Å²) >= 11 is 0. The zero-order valence-corrected chi connectivity index (χ0v) is 19.8. The smallest absolute Gasteiger partial charge is 0.306 e. The lowest BCUT2D eigenvalue weighted by Gasteiger charge is -2.26. The van der Waals surface area contributed by atoms with Gasteiger partial charge >= 0.3 is 5.97 Å². The van der Waals surface area contributed by atoms with Gasteiger partial charge in [-0.05, 0) is 38.0 Å². The predicted octanol–water partition coefficient (Wildman–Crippen LogP) is 7.26. The fraction of sp³-hybridized carbons (Fsp3) is 0.923. The molecule has 0 atom stereocenters. The first-order chi connectivity index (χ1) is 14.6. The summed E-state index contributed by atoms with van der Waals surface area (Å²) in [4.78, 5) is 23.0. The zero-order chi connectivity index (χ0) is 21.9. The van der Waals surface area contributed by atoms with Gasteiger partial charge in [0, 0.05) is 13.0 Å². The minimum absolute atomic E-state index is 0.169. The van der Waals surface area contributed by atoms with Gasteiger partial charge in [0.25, 0.3) is 0 Å². The van der Waals surface area contributed by atoms with Crippen LogP contribution in [0.25, 0.3) is 0 Å². The van der Waals surface area contributed by atoms with E-state index in [0.29, 0.717) is 12.3 Å². The van der Waals surface area contributed by atoms with Crippen LogP contribution in [0.4, 0.5) is 0 Å². The molecule has 4 nitrogen and oxygen atoms in total. The molecular formula is C26H49NO3. The SMILES string of the molecule is CCCCCCCCCCCCCCCCCC(=O)NC[C@H]1CC[C@H](C(=O)O)CC1. The molecule has 0 saturated heterocycles. The van der Waals surface area contributed by atoms with Gasteiger partial charge in [-0.25, -0.2) is 0 Å². The lowest BCUT2D eigenvalue weighted by Crippen LogP contribution is -2.32. The van der Waals surface area contributed by atoms with E-state index >= 15 is 0 Å². The summed E-state index contributed by atoms with van der Waals surface area (Å²) < 4.78 is 0. The largest absolute Gasteiger partial charge is 0.481 e. The van der Waals surface area contributed by atoms with Crippen LogP contribution in [0.5, 0.6) is 0 Å². The molecule has 2 N–H and O–H groups in total. The average Bonchev–Trinajstić information content (AvgIpc) is 2.75. The number of amides is 1. The Morgan fingerprint density at radius 1 is 0.700 bits per heavy atom. The van der Waals surface area contributed by atoms with Crippen molar-refractivity contribution in [2.24, 2.45) is 11.8 Å². The molecule has 1 rings (SSSR count). The second kappa shape index (κ2) is 18.7. The molecule has 1 aliphatic rings. The molecule has 1 amide bonds. The van der Waals surface area contributed by atoms with Crippen molar-refractivity contribution in [3.63, 3.8) is 0 Å². The molecule has 0 unspecified atom stereocenters. The van der Waals surface area contributed by atoms with E-state index in [9.17, 15) is 9.59 Å². The van der Waals surface area contributed by atoms with Gasteiger partial charge in [-0.3, -0.25) is 9.59 Å². The molecule has 0 bridgehead atoms. The van der Waals surface area contributed by atoms with Gasteiger partial charge in [0.2, 0.25) is 5.91 Å². The third kappa shape index (κ3) is 14.8. The quantitative estimate of drug-likeness (QED) is 0.215. The van der Waals surface area contributed by atoms with E-state index < -0.39 is 5.97 Å². The fourth-order valence-electron chi connectivity index (χ4n) is 4.62. The summed E-state index contributed by atoms with van der Waals surface area (Å²) in [6.07, 6.45) is 24.1. The molecule has 0 aromatic rings. The first-order valence-corrected chi connectivity index (χ1v) is 13.1. The van der Waals surface area contributed by atoms with Crippen LogP contribution in [0.3, 0.4) is 0 Å². The second-order valence-corrected chi connectivity index (χ2v) is 9.56. The first kappa shape index (κ1) is 27.0. The minimum atomic E-state index is -0.661. The molecule has 4 heteroatoms. The molecular weight excluding hydrogens is 374 g/mol. The third-order valence-corrected chi connectivity index (χ3v) is 6.79. The van der Waals surface area contributed by atoms with E-state index in [0.717, 1.165) is 45.1 Å². The molecule has 0 aromatic carbocycles. The van der Waals surface area contributed by atoms with Gasteiger partial charge in [-0.1, -0.05) is 96.8 Å². The Kier molecular flexibility index (Phi) is 16.8. The van der Waals surface area contributed by atoms with Crippen molar-refractivity contribution >= 4 is 11.9 Å². The summed E-state index contributed by atoms with van der Waals surface area (Å²) in [7, 11) is 0. The molecule has 0 aliphatic heterocycles. The fourth-order valence-corrected chi connectivity index (χ4v) is 4.62. The molecule has 1 fully saturated rings. The third-order valence-electron chi connectivity index (χ3n) is 6.79. The number of nitrogens with one attached hydrogen (secondary N) is 1. The van der Waals surface area contributed by atoms with Crippen LogP contribution < -0.4 is 5.32 Å². The molecule has 0 spiro atoms. The summed E-state index contributed by atoms with van der Waals surface area (Å²) in [5.41, 5.74) is 0. The monoisotopic (exact) mass is 423 g/mol. The Hall–Kier alpha value is -1.06. The number of aliphatic carboxylic acids is 1. The summed E-state index contributed by atoms with van der Waals surface area (Å²) in [5, 5.41) is 12.1. The van der Waals surface area contributed by atoms with Gasteiger partial charge in [0.1, 0.15) is 0 Å². The number of carboxylic acid groups (broad SMARTS) is 1. The van der Waals surface area contributed by atoms with Crippen LogP contribution in [0, 0.1) is 11.8 Å². The maximum atomic E-state index is 12.0. The standard InChI is InChI=1S/C26H49NO3/c1-2-3-4-5-6-7-8-9-10-11-12-13-14-15-16-17-25(28)27-22-23-18-20-24(21-19-23)26(29)30/h23-24H,2-22H2,1H3,(H,27,28)(H,29,30)/t23-,24-. The summed E-state index contributed by atoms with van der Waals surface area (Å²) in [6, 6.07) is 0. The van der Waals surface area contributed by atoms with E-state index in [1.807, 2.05) is 0 Å². The maximum absolute atomic E-state index is 12.0. The average molecular weight is 424 g/mol. The van der Waals surface area contributed by atoms with Gasteiger partial charge in [-0.2, -0.15) is 0 Å². The highest BCUT2D eigenvalue weighted by Gasteiger charge is 2.25. The highest BCUT2D eigenvalue weighted by Crippen LogP contribution is 2.28. The number of carbonyl (C=O) groups is 2. The Balaban J connectivity index is 1.79. The Morgan fingerprint density at radius 2 is 1.13 bits per heavy atom. The molecule has 1 saturated carbocycles. The Morgan fingerprint density at radius 3 is 1.57 bits per heavy atom. The van der Waals surface area contributed by atoms with Crippen LogP contribution in [0.2, 0.25) is 0 Å². The van der Waals surface area contributed by atoms with E-state index in [1.165, 1.54) is 83.5 Å². The van der Waals surface area contributed by atoms with Crippen LogP contribution in [0.1, 0.15) is 135 Å². The van der Waals surface area contributed by atoms with E-state index in [1.54, 1.807) is 0 Å². The normalized spacial score (nSPS) is 19.0. The summed E-state index contributed by atoms with van der Waals surface area (Å²) in [5.74, 6) is -0.196. The zero-order valence-electron chi connectivity index (χ0n) is 19.8. The van der Waals surface area contributed by atoms with Crippen molar-refractivity contribution in [3.8, 4) is 0 Å². The van der Waals surface area contributed by atoms with Crippen LogP contribution in [-0.2, 0) is 9.59 Å². The molecule has 0 radical (unpaired) electrons. The second-order valence-electron chi connectivity index (χ2n) is 9.56. The highest BCUT2D eigenvalue weighted by molar-refractivity contribution is 5.75. The van der Waals surface area contributed by atoms with Crippen molar-refractivity contribution in [1.29, 1.82) is 0 Å². The van der Waals surface area contributed by atoms with E-state index in [2.05, 4.69) is 12.2 Å². The van der Waals surface area contributed by atoms with Gasteiger partial charge in [-0.15, -0.1) is 0 Å². The number of carboxylic acids is 1. The molecule has 30 heavy (non-hydrogen) atoms. The van der Waals surface area contributed by atoms with Gasteiger partial charge in [0.05, 0.1) is 5.92 Å². The van der Waals surface area contributed by atoms with Gasteiger partial charge in [0.15, 0.2) is 0 Å². The number of unbranched alkanes of at least 4 members (excludes halogenated alkanes) is 14. The van der Waals surface area contributed by atoms with Crippen molar-refractivity contribution < 1.29 is 14.7 Å². The van der Waals surface area contributed by atoms with E-state index in [4.69, 9.17) is 5.11 Å². The van der Waals surface area contributed by atoms with Crippen molar-refractivity contribution in [2.75, 3.05) is 6.54 Å². The highest BCUT2D eigenvalue weighted by atomic mass is 16.4. The maximum Gasteiger partial charge on any atom is 0.306 e. The predicted molar refractivity (Wildman–Crippen MR) is 126 cm³/mol. The van der Waals surface area contributed by atoms with Crippen molar-refractivity contribution in [2.45, 2.75) is 135 Å². The van der Waals surface area contributed by atoms with Crippen LogP contribution in [-0.4, -0.2) is 23.5 Å². The summed E-state index contributed by atoms with van der Waals surface area (Å²) in [6.45, 7) is 3.00. The number of rotatable bonds is 19. The van der Waals surface area contributed by atoms with Gasteiger partial charge < -0.3 is 10.4 Å². The molecule has 176 valence electrons. The minimum Gasteiger partial charge on any atom is -0.481 e. The Bertz CT molecular complexity index is 430. The van der Waals surface area contributed by atoms with Crippen LogP contribution >= 0.6 is 0 Å². The van der Waals surface area contributed by atoms with Crippen molar-refractivity contribution in [1.82, 2.24) is 5.32 Å². The Labute approximate surface area is 186 Å². The first-order valence-electron chi connectivity index (χ1n) is 13.1. The molecule has 0 heterocycles. The van der Waals surface area contributed by atoms with Crippen LogP contribution in [0.15, 0.2) is 0 Å². The lowest BCUT2D eigenvalue weighted by molar-refractivity contribution is -0.143. The number of carbonyl (C=O) groups excluding carboxylic acids is 1. The lowest BCUT2D eigenvalue weighted by atomic mass is 9.82.